The molecule has 0 fully saturated rings. The summed E-state index contributed by atoms with van der Waals surface area (Å²) in [6.45, 7) is 0. The van der Waals surface area contributed by atoms with Crippen LogP contribution in [0.15, 0.2) is 48.0 Å². The summed E-state index contributed by atoms with van der Waals surface area (Å²) in [6, 6.07) is 14.9. The van der Waals surface area contributed by atoms with Crippen molar-refractivity contribution in [2.24, 2.45) is 0 Å². The molecule has 3 nitrogen and oxygen atoms in total. The zero-order valence-electron chi connectivity index (χ0n) is 8.92. The topological polar surface area (TPSA) is 61.1 Å². The highest BCUT2D eigenvalue weighted by molar-refractivity contribution is 5.98. The van der Waals surface area contributed by atoms with Crippen LogP contribution in [0, 0.1) is 11.3 Å². The van der Waals surface area contributed by atoms with Crippen molar-refractivity contribution in [1.29, 1.82) is 5.26 Å². The number of aliphatic carboxylic acids is 1. The minimum atomic E-state index is -1.21. The van der Waals surface area contributed by atoms with E-state index < -0.39 is 5.97 Å². The van der Waals surface area contributed by atoms with Crippen LogP contribution < -0.4 is 0 Å². The van der Waals surface area contributed by atoms with Crippen molar-refractivity contribution in [2.45, 2.75) is 0 Å². The van der Waals surface area contributed by atoms with E-state index in [9.17, 15) is 4.79 Å². The van der Waals surface area contributed by atoms with E-state index in [4.69, 9.17) is 10.4 Å². The average Bonchev–Trinajstić information content (AvgIpc) is 2.54. The van der Waals surface area contributed by atoms with Gasteiger partial charge in [-0.05, 0) is 22.8 Å². The Morgan fingerprint density at radius 2 is 1.94 bits per heavy atom. The molecule has 3 heteroatoms. The van der Waals surface area contributed by atoms with Crippen LogP contribution >= 0.6 is 0 Å². The zero-order valence-corrected chi connectivity index (χ0v) is 8.92. The first-order valence-corrected chi connectivity index (χ1v) is 5.05. The molecule has 0 unspecified atom stereocenters. The Morgan fingerprint density at radius 1 is 1.18 bits per heavy atom. The lowest BCUT2D eigenvalue weighted by atomic mass is 10.1. The van der Waals surface area contributed by atoms with E-state index in [-0.39, 0.29) is 5.57 Å². The summed E-state index contributed by atoms with van der Waals surface area (Å²) in [7, 11) is 0. The van der Waals surface area contributed by atoms with Gasteiger partial charge in [-0.15, -0.1) is 0 Å². The van der Waals surface area contributed by atoms with E-state index in [1.165, 1.54) is 6.08 Å². The second kappa shape index (κ2) is 4.50. The van der Waals surface area contributed by atoms with Gasteiger partial charge in [-0.2, -0.15) is 5.26 Å². The Bertz CT molecular complexity index is 608. The second-order valence-corrected chi connectivity index (χ2v) is 3.54. The Hall–Kier alpha value is -2.60. The van der Waals surface area contributed by atoms with E-state index in [0.717, 1.165) is 16.7 Å². The fourth-order valence-electron chi connectivity index (χ4n) is 1.66. The summed E-state index contributed by atoms with van der Waals surface area (Å²) >= 11 is 0. The predicted molar refractivity (Wildman–Crippen MR) is 64.3 cm³/mol. The van der Waals surface area contributed by atoms with E-state index in [2.05, 4.69) is 0 Å². The van der Waals surface area contributed by atoms with Crippen molar-refractivity contribution in [3.8, 4) is 17.2 Å². The van der Waals surface area contributed by atoms with E-state index in [0.29, 0.717) is 0 Å². The molecule has 17 heavy (non-hydrogen) atoms. The number of rotatable bonds is 2. The molecule has 0 aromatic carbocycles. The van der Waals surface area contributed by atoms with Gasteiger partial charge < -0.3 is 5.11 Å². The highest BCUT2D eigenvalue weighted by atomic mass is 16.4. The molecule has 1 N–H and O–H groups in total. The van der Waals surface area contributed by atoms with Crippen LogP contribution in [0.4, 0.5) is 0 Å². The van der Waals surface area contributed by atoms with Gasteiger partial charge in [0.05, 0.1) is 0 Å². The lowest BCUT2D eigenvalue weighted by molar-refractivity contribution is -0.132. The second-order valence-electron chi connectivity index (χ2n) is 3.54. The molecule has 0 radical (unpaired) electrons. The summed E-state index contributed by atoms with van der Waals surface area (Å²) in [5.74, 6) is -1.21. The van der Waals surface area contributed by atoms with Crippen molar-refractivity contribution in [3.63, 3.8) is 0 Å². The van der Waals surface area contributed by atoms with E-state index in [1.54, 1.807) is 6.07 Å². The first-order chi connectivity index (χ1) is 8.22. The third kappa shape index (κ3) is 2.16. The molecule has 0 heterocycles. The number of carbonyl (C=O) groups is 1. The van der Waals surface area contributed by atoms with Crippen LogP contribution in [0.25, 0.3) is 17.2 Å². The molecule has 0 saturated heterocycles. The number of hydrogen-bond acceptors (Lipinski definition) is 2. The summed E-state index contributed by atoms with van der Waals surface area (Å²) in [6.07, 6.45) is 1.39. The molecule has 2 aliphatic carbocycles. The fourth-order valence-corrected chi connectivity index (χ4v) is 1.66. The zero-order chi connectivity index (χ0) is 12.3. The molecule has 0 aromatic heterocycles. The van der Waals surface area contributed by atoms with Crippen molar-refractivity contribution in [1.82, 2.24) is 0 Å². The highest BCUT2D eigenvalue weighted by Gasteiger charge is 2.10. The standard InChI is InChI=1S/C14H9NO2/c15-9-12(14(16)17)8-11-7-6-10-4-2-1-3-5-13(10)11/h1-8H,(H,16,17). The van der Waals surface area contributed by atoms with Crippen LogP contribution in [0.3, 0.4) is 0 Å². The quantitative estimate of drug-likeness (QED) is 0.629. The monoisotopic (exact) mass is 223 g/mol. The van der Waals surface area contributed by atoms with Crippen LogP contribution in [-0.2, 0) is 4.79 Å². The number of nitrogens with zero attached hydrogens (tertiary/aromatic N) is 1. The largest absolute Gasteiger partial charge is 0.477 e. The first-order valence-electron chi connectivity index (χ1n) is 5.05. The van der Waals surface area contributed by atoms with Crippen molar-refractivity contribution >= 4 is 12.0 Å². The van der Waals surface area contributed by atoms with Crippen LogP contribution in [0.2, 0.25) is 0 Å². The van der Waals surface area contributed by atoms with Gasteiger partial charge in [-0.25, -0.2) is 4.79 Å². The number of nitriles is 1. The van der Waals surface area contributed by atoms with Crippen molar-refractivity contribution in [2.75, 3.05) is 0 Å². The van der Waals surface area contributed by atoms with Gasteiger partial charge in [0.2, 0.25) is 0 Å². The number of fused-ring (bicyclic) bond motifs is 1. The van der Waals surface area contributed by atoms with Gasteiger partial charge in [0.15, 0.2) is 0 Å². The maximum absolute atomic E-state index is 10.8. The smallest absolute Gasteiger partial charge is 0.346 e. The molecule has 0 aliphatic heterocycles. The average molecular weight is 223 g/mol. The Morgan fingerprint density at radius 3 is 2.65 bits per heavy atom. The SMILES string of the molecule is N#CC(=Cc1ccc2cccccc1-2)C(=O)O. The van der Waals surface area contributed by atoms with Crippen molar-refractivity contribution in [3.05, 3.63) is 53.6 Å². The predicted octanol–water partition coefficient (Wildman–Crippen LogP) is 2.78. The number of carboxylic acids is 1. The normalized spacial score (nSPS) is 11.1. The maximum Gasteiger partial charge on any atom is 0.346 e. The molecule has 0 aromatic rings. The van der Waals surface area contributed by atoms with Gasteiger partial charge in [-0.1, -0.05) is 42.5 Å². The Balaban J connectivity index is 2.54. The molecule has 82 valence electrons. The van der Waals surface area contributed by atoms with Gasteiger partial charge in [0.1, 0.15) is 11.6 Å². The van der Waals surface area contributed by atoms with Crippen LogP contribution in [-0.4, -0.2) is 11.1 Å². The van der Waals surface area contributed by atoms with E-state index >= 15 is 0 Å². The number of hydrogen-bond donors (Lipinski definition) is 1. The summed E-state index contributed by atoms with van der Waals surface area (Å²) in [5, 5.41) is 17.5. The molecule has 2 aliphatic rings. The van der Waals surface area contributed by atoms with Gasteiger partial charge >= 0.3 is 5.97 Å². The summed E-state index contributed by atoms with van der Waals surface area (Å²) in [4.78, 5) is 10.8. The molecule has 0 amide bonds. The minimum absolute atomic E-state index is 0.260. The lowest BCUT2D eigenvalue weighted by Crippen LogP contribution is -1.97. The first kappa shape index (κ1) is 10.9. The molecule has 0 atom stereocenters. The van der Waals surface area contributed by atoms with Crippen LogP contribution in [0.1, 0.15) is 5.56 Å². The van der Waals surface area contributed by atoms with Gasteiger partial charge in [-0.3, -0.25) is 0 Å². The third-order valence-electron chi connectivity index (χ3n) is 2.48. The van der Waals surface area contributed by atoms with Gasteiger partial charge in [0.25, 0.3) is 0 Å². The maximum atomic E-state index is 10.8. The van der Waals surface area contributed by atoms with Crippen molar-refractivity contribution < 1.29 is 9.90 Å². The molecule has 0 bridgehead atoms. The van der Waals surface area contributed by atoms with Crippen LogP contribution in [0.5, 0.6) is 0 Å². The third-order valence-corrected chi connectivity index (χ3v) is 2.48. The van der Waals surface area contributed by atoms with E-state index in [1.807, 2.05) is 42.5 Å². The Kier molecular flexibility index (Phi) is 2.89. The molecular weight excluding hydrogens is 214 g/mol. The Labute approximate surface area is 98.6 Å². The number of carboxylic acid groups (broad SMARTS) is 1. The minimum Gasteiger partial charge on any atom is -0.477 e. The summed E-state index contributed by atoms with van der Waals surface area (Å²) < 4.78 is 0. The molecular formula is C14H9NO2. The lowest BCUT2D eigenvalue weighted by Gasteiger charge is -1.95. The molecule has 0 spiro atoms. The highest BCUT2D eigenvalue weighted by Crippen LogP contribution is 2.28. The molecule has 2 rings (SSSR count). The fraction of sp³-hybridized carbons (Fsp3) is 0. The molecule has 0 saturated carbocycles. The van der Waals surface area contributed by atoms with Gasteiger partial charge in [0, 0.05) is 0 Å². The summed E-state index contributed by atoms with van der Waals surface area (Å²) in [5.41, 5.74) is 2.44.